The molecule has 13 heavy (non-hydrogen) atoms. The molecule has 0 aromatic rings. The molecule has 1 saturated carbocycles. The number of rotatable bonds is 1. The van der Waals surface area contributed by atoms with Gasteiger partial charge in [0.25, 0.3) is 0 Å². The summed E-state index contributed by atoms with van der Waals surface area (Å²) in [5.41, 5.74) is 6.59. The van der Waals surface area contributed by atoms with Gasteiger partial charge in [-0.15, -0.1) is 0 Å². The maximum absolute atomic E-state index is 11.0. The van der Waals surface area contributed by atoms with Crippen molar-refractivity contribution in [1.29, 1.82) is 0 Å². The Hall–Kier alpha value is -0.790. The van der Waals surface area contributed by atoms with Crippen LogP contribution in [0.1, 0.15) is 44.9 Å². The summed E-state index contributed by atoms with van der Waals surface area (Å²) in [6.45, 7) is 0. The molecule has 2 rings (SSSR count). The van der Waals surface area contributed by atoms with Gasteiger partial charge in [-0.25, -0.2) is 0 Å². The van der Waals surface area contributed by atoms with Gasteiger partial charge in [0.1, 0.15) is 0 Å². The van der Waals surface area contributed by atoms with Crippen molar-refractivity contribution >= 4 is 5.91 Å². The molecule has 0 bridgehead atoms. The Morgan fingerprint density at radius 3 is 2.54 bits per heavy atom. The van der Waals surface area contributed by atoms with Crippen molar-refractivity contribution in [2.45, 2.75) is 44.9 Å². The minimum absolute atomic E-state index is 0.206. The Bertz CT molecular complexity index is 249. The number of allylic oxidation sites excluding steroid dienone is 1. The molecular formula is C11H17NO. The van der Waals surface area contributed by atoms with Crippen molar-refractivity contribution in [3.8, 4) is 0 Å². The molecule has 0 aromatic heterocycles. The second kappa shape index (κ2) is 3.17. The summed E-state index contributed by atoms with van der Waals surface area (Å²) in [4.78, 5) is 11.0. The summed E-state index contributed by atoms with van der Waals surface area (Å²) in [5, 5.41) is 0. The summed E-state index contributed by atoms with van der Waals surface area (Å²) < 4.78 is 0. The Morgan fingerprint density at radius 1 is 1.31 bits per heavy atom. The summed E-state index contributed by atoms with van der Waals surface area (Å²) in [5.74, 6) is -0.206. The number of hydrogen-bond acceptors (Lipinski definition) is 1. The summed E-state index contributed by atoms with van der Waals surface area (Å²) >= 11 is 0. The number of carbonyl (C=O) groups excluding carboxylic acids is 1. The smallest absolute Gasteiger partial charge is 0.244 e. The second-order valence-corrected chi connectivity index (χ2v) is 4.54. The fourth-order valence-electron chi connectivity index (χ4n) is 2.76. The number of primary amides is 1. The molecule has 2 aliphatic rings. The van der Waals surface area contributed by atoms with Gasteiger partial charge in [0.15, 0.2) is 0 Å². The first-order valence-corrected chi connectivity index (χ1v) is 5.21. The van der Waals surface area contributed by atoms with E-state index in [4.69, 9.17) is 5.73 Å². The maximum atomic E-state index is 11.0. The van der Waals surface area contributed by atoms with Crippen LogP contribution in [0.15, 0.2) is 11.6 Å². The third-order valence-corrected chi connectivity index (χ3v) is 3.58. The molecule has 0 aliphatic heterocycles. The molecule has 2 N–H and O–H groups in total. The van der Waals surface area contributed by atoms with E-state index >= 15 is 0 Å². The number of carbonyl (C=O) groups is 1. The van der Waals surface area contributed by atoms with Crippen LogP contribution in [0.2, 0.25) is 0 Å². The van der Waals surface area contributed by atoms with Crippen molar-refractivity contribution in [1.82, 2.24) is 0 Å². The van der Waals surface area contributed by atoms with Crippen LogP contribution in [0.4, 0.5) is 0 Å². The highest BCUT2D eigenvalue weighted by Gasteiger charge is 2.36. The minimum Gasteiger partial charge on any atom is -0.366 e. The predicted octanol–water partition coefficient (Wildman–Crippen LogP) is 2.14. The highest BCUT2D eigenvalue weighted by molar-refractivity contribution is 5.92. The van der Waals surface area contributed by atoms with Crippen LogP contribution in [-0.2, 0) is 4.79 Å². The van der Waals surface area contributed by atoms with Gasteiger partial charge in [0.2, 0.25) is 5.91 Å². The Labute approximate surface area is 79.2 Å². The lowest BCUT2D eigenvalue weighted by molar-refractivity contribution is -0.114. The summed E-state index contributed by atoms with van der Waals surface area (Å²) in [6, 6.07) is 0. The van der Waals surface area contributed by atoms with Crippen LogP contribution in [0.25, 0.3) is 0 Å². The standard InChI is InChI=1S/C11H17NO/c12-10(13)9-4-7-11(8-9)5-2-1-3-6-11/h4H,1-3,5-8H2,(H2,12,13). The van der Waals surface area contributed by atoms with Gasteiger partial charge in [-0.1, -0.05) is 25.3 Å². The van der Waals surface area contributed by atoms with Crippen LogP contribution < -0.4 is 5.73 Å². The van der Waals surface area contributed by atoms with Gasteiger partial charge in [-0.05, 0) is 31.1 Å². The minimum atomic E-state index is -0.206. The first kappa shape index (κ1) is 8.79. The lowest BCUT2D eigenvalue weighted by Crippen LogP contribution is -2.23. The van der Waals surface area contributed by atoms with E-state index in [0.717, 1.165) is 18.4 Å². The third kappa shape index (κ3) is 1.62. The molecule has 1 fully saturated rings. The second-order valence-electron chi connectivity index (χ2n) is 4.54. The topological polar surface area (TPSA) is 43.1 Å². The zero-order valence-electron chi connectivity index (χ0n) is 8.01. The predicted molar refractivity (Wildman–Crippen MR) is 52.0 cm³/mol. The molecule has 1 amide bonds. The quantitative estimate of drug-likeness (QED) is 0.658. The Kier molecular flexibility index (Phi) is 2.14. The molecule has 72 valence electrons. The molecule has 0 aromatic carbocycles. The van der Waals surface area contributed by atoms with Gasteiger partial charge in [-0.3, -0.25) is 4.79 Å². The van der Waals surface area contributed by atoms with Crippen molar-refractivity contribution in [3.05, 3.63) is 11.6 Å². The first-order valence-electron chi connectivity index (χ1n) is 5.21. The lowest BCUT2D eigenvalue weighted by Gasteiger charge is -2.33. The van der Waals surface area contributed by atoms with Gasteiger partial charge in [-0.2, -0.15) is 0 Å². The van der Waals surface area contributed by atoms with Crippen molar-refractivity contribution in [2.75, 3.05) is 0 Å². The highest BCUT2D eigenvalue weighted by atomic mass is 16.1. The molecular weight excluding hydrogens is 162 g/mol. The van der Waals surface area contributed by atoms with Crippen molar-refractivity contribution in [2.24, 2.45) is 11.1 Å². The van der Waals surface area contributed by atoms with E-state index in [9.17, 15) is 4.79 Å². The molecule has 2 heteroatoms. The third-order valence-electron chi connectivity index (χ3n) is 3.58. The van der Waals surface area contributed by atoms with Gasteiger partial charge < -0.3 is 5.73 Å². The Balaban J connectivity index is 2.02. The average molecular weight is 179 g/mol. The Morgan fingerprint density at radius 2 is 2.00 bits per heavy atom. The van der Waals surface area contributed by atoms with Gasteiger partial charge >= 0.3 is 0 Å². The van der Waals surface area contributed by atoms with E-state index in [2.05, 4.69) is 6.08 Å². The lowest BCUT2D eigenvalue weighted by atomic mass is 9.72. The zero-order chi connectivity index (χ0) is 9.31. The zero-order valence-corrected chi connectivity index (χ0v) is 8.01. The van der Waals surface area contributed by atoms with Crippen LogP contribution in [0.3, 0.4) is 0 Å². The normalized spacial score (nSPS) is 26.0. The van der Waals surface area contributed by atoms with Crippen LogP contribution in [0, 0.1) is 5.41 Å². The molecule has 0 saturated heterocycles. The SMILES string of the molecule is NC(=O)C1=CCC2(CCCCC2)C1. The van der Waals surface area contributed by atoms with E-state index in [1.165, 1.54) is 32.1 Å². The maximum Gasteiger partial charge on any atom is 0.244 e. The van der Waals surface area contributed by atoms with E-state index in [1.807, 2.05) is 0 Å². The number of hydrogen-bond donors (Lipinski definition) is 1. The number of amides is 1. The summed E-state index contributed by atoms with van der Waals surface area (Å²) in [6.07, 6.45) is 10.7. The number of nitrogens with two attached hydrogens (primary N) is 1. The molecule has 0 unspecified atom stereocenters. The highest BCUT2D eigenvalue weighted by Crippen LogP contribution is 2.48. The molecule has 0 heterocycles. The van der Waals surface area contributed by atoms with E-state index in [1.54, 1.807) is 0 Å². The van der Waals surface area contributed by atoms with Crippen LogP contribution in [0.5, 0.6) is 0 Å². The molecule has 0 atom stereocenters. The molecule has 2 aliphatic carbocycles. The molecule has 1 spiro atoms. The van der Waals surface area contributed by atoms with Gasteiger partial charge in [0, 0.05) is 5.57 Å². The van der Waals surface area contributed by atoms with Crippen molar-refractivity contribution < 1.29 is 4.79 Å². The fraction of sp³-hybridized carbons (Fsp3) is 0.727. The average Bonchev–Trinajstić information content (AvgIpc) is 2.51. The van der Waals surface area contributed by atoms with E-state index in [-0.39, 0.29) is 5.91 Å². The molecule has 0 radical (unpaired) electrons. The largest absolute Gasteiger partial charge is 0.366 e. The fourth-order valence-corrected chi connectivity index (χ4v) is 2.76. The van der Waals surface area contributed by atoms with Crippen LogP contribution in [-0.4, -0.2) is 5.91 Å². The molecule has 2 nitrogen and oxygen atoms in total. The van der Waals surface area contributed by atoms with E-state index in [0.29, 0.717) is 5.41 Å². The van der Waals surface area contributed by atoms with E-state index < -0.39 is 0 Å². The van der Waals surface area contributed by atoms with Crippen molar-refractivity contribution in [3.63, 3.8) is 0 Å². The van der Waals surface area contributed by atoms with Gasteiger partial charge in [0.05, 0.1) is 0 Å². The van der Waals surface area contributed by atoms with Crippen LogP contribution >= 0.6 is 0 Å². The summed E-state index contributed by atoms with van der Waals surface area (Å²) in [7, 11) is 0. The first-order chi connectivity index (χ1) is 6.22. The monoisotopic (exact) mass is 179 g/mol.